The molecule has 0 amide bonds. The van der Waals surface area contributed by atoms with E-state index in [0.29, 0.717) is 5.88 Å². The lowest BCUT2D eigenvalue weighted by molar-refractivity contribution is 0.468. The molecule has 0 atom stereocenters. The number of hydrogen-bond acceptors (Lipinski definition) is 5. The molecule has 0 saturated carbocycles. The maximum atomic E-state index is 6.02. The Morgan fingerprint density at radius 2 is 1.89 bits per heavy atom. The van der Waals surface area contributed by atoms with Gasteiger partial charge in [-0.3, -0.25) is 9.38 Å². The van der Waals surface area contributed by atoms with Gasteiger partial charge in [0.15, 0.2) is 5.65 Å². The molecule has 0 aliphatic heterocycles. The van der Waals surface area contributed by atoms with Crippen molar-refractivity contribution in [2.75, 3.05) is 0 Å². The zero-order valence-corrected chi connectivity index (χ0v) is 16.4. The van der Waals surface area contributed by atoms with Crippen molar-refractivity contribution in [3.63, 3.8) is 0 Å². The molecule has 7 heteroatoms. The average Bonchev–Trinajstić information content (AvgIpc) is 3.32. The van der Waals surface area contributed by atoms with Crippen molar-refractivity contribution < 1.29 is 9.15 Å². The molecule has 0 aliphatic rings. The predicted octanol–water partition coefficient (Wildman–Crippen LogP) is 5.06. The molecular formula is C21H18N4O2S. The highest BCUT2D eigenvalue weighted by molar-refractivity contribution is 7.59. The molecular weight excluding hydrogens is 372 g/mol. The van der Waals surface area contributed by atoms with Crippen molar-refractivity contribution in [1.29, 1.82) is 0 Å². The maximum Gasteiger partial charge on any atom is 0.230 e. The second kappa shape index (κ2) is 7.01. The second-order valence-electron chi connectivity index (χ2n) is 6.37. The van der Waals surface area contributed by atoms with E-state index in [-0.39, 0.29) is 13.5 Å². The van der Waals surface area contributed by atoms with Crippen LogP contribution in [-0.4, -0.2) is 19.4 Å². The number of benzene rings is 1. The number of aromatic nitrogens is 4. The number of rotatable bonds is 3. The normalized spacial score (nSPS) is 10.9. The number of pyridine rings is 1. The van der Waals surface area contributed by atoms with Gasteiger partial charge in [-0.15, -0.1) is 0 Å². The third-order valence-electron chi connectivity index (χ3n) is 4.64. The SMILES string of the molecule is Cc1cc(Oc2nccc3occc23)ccc1-c1c(C)ncc2nccn12.S. The molecule has 140 valence electrons. The van der Waals surface area contributed by atoms with Crippen LogP contribution in [0.25, 0.3) is 27.9 Å². The van der Waals surface area contributed by atoms with Gasteiger partial charge in [-0.25, -0.2) is 9.97 Å². The fourth-order valence-corrected chi connectivity index (χ4v) is 3.34. The third-order valence-corrected chi connectivity index (χ3v) is 4.64. The van der Waals surface area contributed by atoms with E-state index in [9.17, 15) is 0 Å². The summed E-state index contributed by atoms with van der Waals surface area (Å²) in [7, 11) is 0. The summed E-state index contributed by atoms with van der Waals surface area (Å²) in [4.78, 5) is 13.1. The van der Waals surface area contributed by atoms with E-state index in [1.807, 2.05) is 43.5 Å². The maximum absolute atomic E-state index is 6.02. The molecule has 0 N–H and O–H groups in total. The van der Waals surface area contributed by atoms with Crippen LogP contribution < -0.4 is 4.74 Å². The highest BCUT2D eigenvalue weighted by Crippen LogP contribution is 2.32. The summed E-state index contributed by atoms with van der Waals surface area (Å²) in [6.07, 6.45) is 8.83. The number of aryl methyl sites for hydroxylation is 2. The highest BCUT2D eigenvalue weighted by Gasteiger charge is 2.13. The Morgan fingerprint density at radius 3 is 2.75 bits per heavy atom. The van der Waals surface area contributed by atoms with Crippen molar-refractivity contribution in [2.45, 2.75) is 13.8 Å². The molecule has 4 aromatic heterocycles. The predicted molar refractivity (Wildman–Crippen MR) is 112 cm³/mol. The summed E-state index contributed by atoms with van der Waals surface area (Å²) in [6, 6.07) is 9.67. The molecule has 0 aliphatic carbocycles. The lowest BCUT2D eigenvalue weighted by Gasteiger charge is -2.13. The number of furan rings is 1. The first kappa shape index (κ1) is 18.1. The van der Waals surface area contributed by atoms with Crippen LogP contribution in [0.4, 0.5) is 0 Å². The Hall–Kier alpha value is -3.32. The van der Waals surface area contributed by atoms with E-state index in [1.54, 1.807) is 24.9 Å². The first-order valence-corrected chi connectivity index (χ1v) is 8.60. The van der Waals surface area contributed by atoms with Gasteiger partial charge in [0.1, 0.15) is 11.3 Å². The zero-order valence-electron chi connectivity index (χ0n) is 15.4. The van der Waals surface area contributed by atoms with Gasteiger partial charge in [-0.1, -0.05) is 0 Å². The number of nitrogens with zero attached hydrogens (tertiary/aromatic N) is 4. The average molecular weight is 390 g/mol. The minimum Gasteiger partial charge on any atom is -0.464 e. The monoisotopic (exact) mass is 390 g/mol. The minimum atomic E-state index is 0. The van der Waals surface area contributed by atoms with Gasteiger partial charge in [0, 0.05) is 24.2 Å². The number of hydrogen-bond donors (Lipinski definition) is 0. The van der Waals surface area contributed by atoms with Crippen molar-refractivity contribution in [3.05, 3.63) is 72.6 Å². The Kier molecular flexibility index (Phi) is 4.52. The standard InChI is InChI=1S/C21H16N4O2.H2S/c1-13-11-15(27-21-17-6-10-26-18(17)5-7-23-21)3-4-16(13)20-14(2)24-12-19-22-8-9-25(19)20;/h3-12H,1-2H3;1H2. The van der Waals surface area contributed by atoms with Crippen LogP contribution in [-0.2, 0) is 0 Å². The van der Waals surface area contributed by atoms with Crippen LogP contribution in [0.3, 0.4) is 0 Å². The fourth-order valence-electron chi connectivity index (χ4n) is 3.34. The molecule has 0 spiro atoms. The second-order valence-corrected chi connectivity index (χ2v) is 6.37. The van der Waals surface area contributed by atoms with E-state index in [1.165, 1.54) is 0 Å². The molecule has 5 aromatic rings. The van der Waals surface area contributed by atoms with Gasteiger partial charge in [0.05, 0.1) is 29.2 Å². The Morgan fingerprint density at radius 1 is 1.00 bits per heavy atom. The van der Waals surface area contributed by atoms with Gasteiger partial charge in [-0.05, 0) is 49.7 Å². The summed E-state index contributed by atoms with van der Waals surface area (Å²) in [5, 5.41) is 0.849. The quantitative estimate of drug-likeness (QED) is 0.431. The van der Waals surface area contributed by atoms with Crippen LogP contribution in [0.5, 0.6) is 11.6 Å². The molecule has 0 radical (unpaired) electrons. The van der Waals surface area contributed by atoms with E-state index in [2.05, 4.69) is 26.3 Å². The number of fused-ring (bicyclic) bond motifs is 2. The summed E-state index contributed by atoms with van der Waals surface area (Å²) < 4.78 is 13.5. The largest absolute Gasteiger partial charge is 0.464 e. The summed E-state index contributed by atoms with van der Waals surface area (Å²) in [5.74, 6) is 1.25. The van der Waals surface area contributed by atoms with Crippen LogP contribution in [0.2, 0.25) is 0 Å². The molecule has 1 aromatic carbocycles. The summed E-state index contributed by atoms with van der Waals surface area (Å²) in [6.45, 7) is 4.06. The smallest absolute Gasteiger partial charge is 0.230 e. The van der Waals surface area contributed by atoms with Crippen LogP contribution in [0.1, 0.15) is 11.3 Å². The van der Waals surface area contributed by atoms with Gasteiger partial charge in [-0.2, -0.15) is 13.5 Å². The molecule has 0 bridgehead atoms. The fraction of sp³-hybridized carbons (Fsp3) is 0.0952. The summed E-state index contributed by atoms with van der Waals surface area (Å²) in [5.41, 5.74) is 5.72. The topological polar surface area (TPSA) is 65.5 Å². The van der Waals surface area contributed by atoms with E-state index >= 15 is 0 Å². The van der Waals surface area contributed by atoms with Crippen LogP contribution >= 0.6 is 13.5 Å². The lowest BCUT2D eigenvalue weighted by atomic mass is 10.0. The van der Waals surface area contributed by atoms with Crippen molar-refractivity contribution in [1.82, 2.24) is 19.4 Å². The number of imidazole rings is 1. The first-order valence-electron chi connectivity index (χ1n) is 8.60. The van der Waals surface area contributed by atoms with E-state index in [4.69, 9.17) is 9.15 Å². The molecule has 4 heterocycles. The molecule has 28 heavy (non-hydrogen) atoms. The lowest BCUT2D eigenvalue weighted by Crippen LogP contribution is -1.99. The third kappa shape index (κ3) is 2.90. The highest BCUT2D eigenvalue weighted by atomic mass is 32.1. The van der Waals surface area contributed by atoms with Gasteiger partial charge < -0.3 is 9.15 Å². The van der Waals surface area contributed by atoms with Crippen molar-refractivity contribution in [2.24, 2.45) is 0 Å². The van der Waals surface area contributed by atoms with Gasteiger partial charge in [0.2, 0.25) is 5.88 Å². The first-order chi connectivity index (χ1) is 13.2. The Balaban J connectivity index is 0.00000192. The molecule has 0 unspecified atom stereocenters. The zero-order chi connectivity index (χ0) is 18.4. The van der Waals surface area contributed by atoms with E-state index in [0.717, 1.165) is 44.9 Å². The molecule has 0 saturated heterocycles. The van der Waals surface area contributed by atoms with Crippen molar-refractivity contribution >= 4 is 30.1 Å². The van der Waals surface area contributed by atoms with Crippen LogP contribution in [0.15, 0.2) is 65.8 Å². The Labute approximate surface area is 168 Å². The molecule has 6 nitrogen and oxygen atoms in total. The summed E-state index contributed by atoms with van der Waals surface area (Å²) >= 11 is 0. The Bertz CT molecular complexity index is 1290. The van der Waals surface area contributed by atoms with Gasteiger partial charge >= 0.3 is 0 Å². The molecule has 0 fully saturated rings. The van der Waals surface area contributed by atoms with Crippen LogP contribution in [0, 0.1) is 13.8 Å². The van der Waals surface area contributed by atoms with E-state index < -0.39 is 0 Å². The number of ether oxygens (including phenoxy) is 1. The van der Waals surface area contributed by atoms with Gasteiger partial charge in [0.25, 0.3) is 0 Å². The van der Waals surface area contributed by atoms with Crippen molar-refractivity contribution in [3.8, 4) is 22.9 Å². The minimum absolute atomic E-state index is 0. The molecule has 5 rings (SSSR count).